The normalized spacial score (nSPS) is 18.8. The molecule has 0 radical (unpaired) electrons. The zero-order valence-corrected chi connectivity index (χ0v) is 18.4. The van der Waals surface area contributed by atoms with E-state index in [4.69, 9.17) is 4.99 Å². The molecule has 9 heteroatoms. The minimum absolute atomic E-state index is 0.0733. The van der Waals surface area contributed by atoms with Gasteiger partial charge in [0.1, 0.15) is 18.4 Å². The van der Waals surface area contributed by atoms with Crippen LogP contribution in [-0.4, -0.2) is 36.7 Å². The monoisotopic (exact) mass is 427 g/mol. The fraction of sp³-hybridized carbons (Fsp3) is 0.333. The number of aromatic nitrogens is 2. The van der Waals surface area contributed by atoms with Crippen LogP contribution in [0.15, 0.2) is 64.1 Å². The lowest BCUT2D eigenvalue weighted by molar-refractivity contribution is -0.698. The summed E-state index contributed by atoms with van der Waals surface area (Å²) in [4.78, 5) is 8.25. The highest BCUT2D eigenvalue weighted by Crippen LogP contribution is 2.23. The Balaban J connectivity index is 1.73. The van der Waals surface area contributed by atoms with Crippen LogP contribution in [0.4, 0.5) is 11.5 Å². The van der Waals surface area contributed by atoms with Gasteiger partial charge in [-0.3, -0.25) is 10.4 Å². The van der Waals surface area contributed by atoms with Gasteiger partial charge in [-0.25, -0.2) is 13.3 Å². The third-order valence-electron chi connectivity index (χ3n) is 5.21. The van der Waals surface area contributed by atoms with Crippen LogP contribution in [-0.2, 0) is 9.84 Å². The van der Waals surface area contributed by atoms with Crippen LogP contribution in [0.2, 0.25) is 0 Å². The van der Waals surface area contributed by atoms with Crippen molar-refractivity contribution in [3.63, 3.8) is 0 Å². The van der Waals surface area contributed by atoms with Crippen molar-refractivity contribution in [1.82, 2.24) is 10.2 Å². The van der Waals surface area contributed by atoms with Gasteiger partial charge in [0.15, 0.2) is 15.7 Å². The first kappa shape index (κ1) is 20.4. The van der Waals surface area contributed by atoms with Crippen molar-refractivity contribution >= 4 is 27.2 Å². The summed E-state index contributed by atoms with van der Waals surface area (Å²) in [6.07, 6.45) is 4.11. The number of rotatable bonds is 6. The molecule has 2 aliphatic heterocycles. The molecule has 0 spiro atoms. The second-order valence-corrected chi connectivity index (χ2v) is 10.1. The number of hydrogen-bond acceptors (Lipinski definition) is 6. The van der Waals surface area contributed by atoms with E-state index in [0.29, 0.717) is 17.4 Å². The molecule has 1 aromatic heterocycles. The van der Waals surface area contributed by atoms with Crippen LogP contribution < -0.4 is 15.1 Å². The number of quaternary nitrogens is 1. The Labute approximate surface area is 176 Å². The van der Waals surface area contributed by atoms with Crippen LogP contribution >= 0.6 is 0 Å². The van der Waals surface area contributed by atoms with E-state index in [1.54, 1.807) is 25.1 Å². The highest BCUT2D eigenvalue weighted by atomic mass is 32.2. The predicted octanol–water partition coefficient (Wildman–Crippen LogP) is 2.04. The van der Waals surface area contributed by atoms with E-state index in [1.807, 2.05) is 30.2 Å². The summed E-state index contributed by atoms with van der Waals surface area (Å²) in [7, 11) is -3.28. The first-order chi connectivity index (χ1) is 14.3. The summed E-state index contributed by atoms with van der Waals surface area (Å²) in [5, 5.41) is 10.6. The van der Waals surface area contributed by atoms with Gasteiger partial charge >= 0.3 is 0 Å². The molecule has 0 aliphatic carbocycles. The number of nitrogens with one attached hydrogen (secondary N) is 3. The van der Waals surface area contributed by atoms with Crippen LogP contribution in [0.3, 0.4) is 0 Å². The summed E-state index contributed by atoms with van der Waals surface area (Å²) in [5.41, 5.74) is 2.81. The fourth-order valence-electron chi connectivity index (χ4n) is 3.47. The van der Waals surface area contributed by atoms with Crippen LogP contribution in [0, 0.1) is 12.8 Å². The first-order valence-electron chi connectivity index (χ1n) is 10.0. The molecule has 0 bridgehead atoms. The largest absolute Gasteiger partial charge is 0.329 e. The quantitative estimate of drug-likeness (QED) is 0.656. The van der Waals surface area contributed by atoms with E-state index in [9.17, 15) is 8.42 Å². The SMILES string of the molecule is CCS(=O)(=O)c1cccc(N2C=C(Nc3cc(C)[nH]n3)[NH+]3C=C(C(C)C)N=C3C2)c1. The molecule has 2 aromatic rings. The van der Waals surface area contributed by atoms with Crippen LogP contribution in [0.25, 0.3) is 0 Å². The molecule has 2 aliphatic rings. The molecule has 8 nitrogen and oxygen atoms in total. The van der Waals surface area contributed by atoms with Crippen molar-refractivity contribution in [1.29, 1.82) is 0 Å². The van der Waals surface area contributed by atoms with Gasteiger partial charge in [0, 0.05) is 23.4 Å². The topological polar surface area (TPSA) is 94.9 Å². The lowest BCUT2D eigenvalue weighted by Gasteiger charge is -2.29. The van der Waals surface area contributed by atoms with Gasteiger partial charge in [-0.1, -0.05) is 26.8 Å². The summed E-state index contributed by atoms with van der Waals surface area (Å²) in [6.45, 7) is 8.43. The van der Waals surface area contributed by atoms with E-state index in [1.165, 1.54) is 0 Å². The molecular weight excluding hydrogens is 400 g/mol. The number of aromatic amines is 1. The number of sulfone groups is 1. The minimum atomic E-state index is -3.28. The van der Waals surface area contributed by atoms with Crippen molar-refractivity contribution in [3.05, 3.63) is 59.9 Å². The molecule has 30 heavy (non-hydrogen) atoms. The summed E-state index contributed by atoms with van der Waals surface area (Å²) in [5.74, 6) is 2.95. The Morgan fingerprint density at radius 2 is 2.10 bits per heavy atom. The molecule has 0 saturated heterocycles. The van der Waals surface area contributed by atoms with Gasteiger partial charge < -0.3 is 4.90 Å². The third-order valence-corrected chi connectivity index (χ3v) is 6.94. The van der Waals surface area contributed by atoms with Gasteiger partial charge in [0.2, 0.25) is 11.7 Å². The maximum atomic E-state index is 12.4. The van der Waals surface area contributed by atoms with Crippen molar-refractivity contribution in [2.24, 2.45) is 10.9 Å². The number of allylic oxidation sites excluding steroid dienone is 1. The van der Waals surface area contributed by atoms with E-state index >= 15 is 0 Å². The van der Waals surface area contributed by atoms with Gasteiger partial charge in [-0.15, -0.1) is 0 Å². The molecule has 3 N–H and O–H groups in total. The molecule has 4 rings (SSSR count). The van der Waals surface area contributed by atoms with Crippen LogP contribution in [0.5, 0.6) is 0 Å². The summed E-state index contributed by atoms with van der Waals surface area (Å²) in [6, 6.07) is 9.00. The lowest BCUT2D eigenvalue weighted by atomic mass is 10.2. The number of anilines is 2. The van der Waals surface area contributed by atoms with Gasteiger partial charge in [-0.2, -0.15) is 10.1 Å². The zero-order valence-electron chi connectivity index (χ0n) is 17.6. The number of aliphatic imine (C=N–C) groups is 1. The van der Waals surface area contributed by atoms with E-state index in [2.05, 4.69) is 35.6 Å². The number of aryl methyl sites for hydroxylation is 1. The number of benzene rings is 1. The summed E-state index contributed by atoms with van der Waals surface area (Å²) >= 11 is 0. The number of fused-ring (bicyclic) bond motifs is 1. The number of H-pyrrole nitrogens is 1. The Morgan fingerprint density at radius 1 is 1.30 bits per heavy atom. The van der Waals surface area contributed by atoms with E-state index in [-0.39, 0.29) is 5.75 Å². The third kappa shape index (κ3) is 3.90. The molecule has 0 amide bonds. The Morgan fingerprint density at radius 3 is 2.77 bits per heavy atom. The molecule has 0 fully saturated rings. The minimum Gasteiger partial charge on any atom is -0.329 e. The lowest BCUT2D eigenvalue weighted by Crippen LogP contribution is -3.10. The Hall–Kier alpha value is -2.91. The average Bonchev–Trinajstić information content (AvgIpc) is 3.34. The molecular formula is C21H27N6O2S+. The van der Waals surface area contributed by atoms with E-state index in [0.717, 1.165) is 39.5 Å². The second-order valence-electron chi connectivity index (χ2n) is 7.83. The van der Waals surface area contributed by atoms with Crippen molar-refractivity contribution in [3.8, 4) is 0 Å². The summed E-state index contributed by atoms with van der Waals surface area (Å²) < 4.78 is 24.7. The predicted molar refractivity (Wildman–Crippen MR) is 118 cm³/mol. The van der Waals surface area contributed by atoms with Crippen LogP contribution in [0.1, 0.15) is 26.5 Å². The molecule has 1 aromatic carbocycles. The van der Waals surface area contributed by atoms with Gasteiger partial charge in [-0.05, 0) is 25.1 Å². The molecule has 1 unspecified atom stereocenters. The number of nitrogens with zero attached hydrogens (tertiary/aromatic N) is 3. The zero-order chi connectivity index (χ0) is 21.5. The first-order valence-corrected chi connectivity index (χ1v) is 11.7. The van der Waals surface area contributed by atoms with Gasteiger partial charge in [0.05, 0.1) is 16.8 Å². The molecule has 0 saturated carbocycles. The highest BCUT2D eigenvalue weighted by molar-refractivity contribution is 7.91. The van der Waals surface area contributed by atoms with Crippen molar-refractivity contribution in [2.45, 2.75) is 32.6 Å². The molecule has 1 atom stereocenters. The van der Waals surface area contributed by atoms with Crippen molar-refractivity contribution in [2.75, 3.05) is 22.5 Å². The van der Waals surface area contributed by atoms with Crippen molar-refractivity contribution < 1.29 is 13.3 Å². The average molecular weight is 428 g/mol. The molecule has 3 heterocycles. The molecule has 158 valence electrons. The highest BCUT2D eigenvalue weighted by Gasteiger charge is 2.35. The standard InChI is InChI=1S/C21H26N6O2S/c1-5-30(28,29)17-8-6-7-16(10-17)26-12-20-22-18(14(2)3)11-27(20)21(13-26)23-19-9-15(4)24-25-19/h6-11,13-14H,5,12H2,1-4H3,(H2,23,24,25)/p+1. The fourth-order valence-corrected chi connectivity index (χ4v) is 4.39. The Kier molecular flexibility index (Phi) is 5.25. The van der Waals surface area contributed by atoms with E-state index < -0.39 is 9.84 Å². The number of amidine groups is 1. The second kappa shape index (κ2) is 7.73. The Bertz CT molecular complexity index is 1160. The van der Waals surface area contributed by atoms with Gasteiger partial charge in [0.25, 0.3) is 0 Å². The number of hydrogen-bond donors (Lipinski definition) is 3. The smallest absolute Gasteiger partial charge is 0.232 e. The maximum Gasteiger partial charge on any atom is 0.232 e. The maximum absolute atomic E-state index is 12.4.